The van der Waals surface area contributed by atoms with Crippen LogP contribution in [0.3, 0.4) is 0 Å². The van der Waals surface area contributed by atoms with E-state index in [0.717, 1.165) is 38.8 Å². The van der Waals surface area contributed by atoms with Gasteiger partial charge in [0.05, 0.1) is 0 Å². The number of tetrazole rings is 1. The summed E-state index contributed by atoms with van der Waals surface area (Å²) in [5, 5.41) is 15.6. The molecule has 1 N–H and O–H groups in total. The van der Waals surface area contributed by atoms with E-state index in [-0.39, 0.29) is 18.2 Å². The lowest BCUT2D eigenvalue weighted by atomic mass is 10.2. The zero-order valence-electron chi connectivity index (χ0n) is 15.1. The number of hydrogen-bond acceptors (Lipinski definition) is 6. The number of hydrogen-bond donors (Lipinski definition) is 1. The van der Waals surface area contributed by atoms with Crippen molar-refractivity contribution in [2.75, 3.05) is 12.3 Å². The van der Waals surface area contributed by atoms with Gasteiger partial charge in [-0.05, 0) is 46.3 Å². The Hall–Kier alpha value is -1.68. The van der Waals surface area contributed by atoms with Crippen LogP contribution >= 0.6 is 27.7 Å². The predicted octanol–water partition coefficient (Wildman–Crippen LogP) is 0.577. The molecule has 150 valence electrons. The normalized spacial score (nSPS) is 10.5. The van der Waals surface area contributed by atoms with Crippen LogP contribution in [0.25, 0.3) is 0 Å². The smallest absolute Gasteiger partial charge is 0.209 e. The number of ether oxygens (including phenoxy) is 1. The van der Waals surface area contributed by atoms with Crippen molar-refractivity contribution in [1.82, 2.24) is 25.5 Å². The quantitative estimate of drug-likeness (QED) is 0.352. The van der Waals surface area contributed by atoms with Gasteiger partial charge in [0.15, 0.2) is 0 Å². The van der Waals surface area contributed by atoms with Crippen molar-refractivity contribution >= 4 is 27.7 Å². The summed E-state index contributed by atoms with van der Waals surface area (Å²) >= 11 is 5.10. The molecule has 0 radical (unpaired) electrons. The van der Waals surface area contributed by atoms with Gasteiger partial charge >= 0.3 is 0 Å². The Labute approximate surface area is 181 Å². The van der Waals surface area contributed by atoms with E-state index in [9.17, 15) is 4.39 Å². The third kappa shape index (κ3) is 6.73. The van der Waals surface area contributed by atoms with Crippen LogP contribution in [0.5, 0.6) is 5.75 Å². The number of rotatable bonds is 9. The Morgan fingerprint density at radius 1 is 1.21 bits per heavy atom. The summed E-state index contributed by atoms with van der Waals surface area (Å²) in [4.78, 5) is 0. The van der Waals surface area contributed by atoms with Crippen LogP contribution in [-0.4, -0.2) is 32.5 Å². The van der Waals surface area contributed by atoms with Crippen LogP contribution in [0.2, 0.25) is 0 Å². The molecule has 6 nitrogen and oxygen atoms in total. The Morgan fingerprint density at radius 3 is 2.71 bits per heavy atom. The number of thioether (sulfide) groups is 1. The van der Waals surface area contributed by atoms with E-state index in [1.807, 2.05) is 25.2 Å². The van der Waals surface area contributed by atoms with Crippen molar-refractivity contribution in [3.8, 4) is 5.75 Å². The first-order chi connectivity index (χ1) is 13.1. The summed E-state index contributed by atoms with van der Waals surface area (Å²) in [5.74, 6) is 1.41. The first-order valence-corrected chi connectivity index (χ1v) is 10.1. The minimum atomic E-state index is -0.248. The maximum absolute atomic E-state index is 13.0. The van der Waals surface area contributed by atoms with Crippen LogP contribution in [-0.2, 0) is 20.2 Å². The summed E-state index contributed by atoms with van der Waals surface area (Å²) in [7, 11) is 1.82. The molecule has 2 aromatic carbocycles. The molecule has 1 heterocycles. The minimum absolute atomic E-state index is 0. The molecule has 0 spiro atoms. The van der Waals surface area contributed by atoms with Crippen LogP contribution in [0.4, 0.5) is 4.39 Å². The zero-order valence-corrected chi connectivity index (χ0v) is 18.3. The number of nitrogens with zero attached hydrogens (tertiary/aromatic N) is 4. The first-order valence-electron chi connectivity index (χ1n) is 8.33. The van der Waals surface area contributed by atoms with Crippen LogP contribution < -0.4 is 22.5 Å². The lowest BCUT2D eigenvalue weighted by molar-refractivity contribution is -0.00000653. The molecule has 28 heavy (non-hydrogen) atoms. The van der Waals surface area contributed by atoms with Gasteiger partial charge in [0.2, 0.25) is 5.16 Å². The molecule has 0 amide bonds. The first kappa shape index (κ1) is 22.6. The molecule has 3 aromatic rings. The fourth-order valence-corrected chi connectivity index (χ4v) is 3.50. The summed E-state index contributed by atoms with van der Waals surface area (Å²) in [5.41, 5.74) is 1.98. The molecule has 3 rings (SSSR count). The number of aromatic nitrogens is 4. The number of aryl methyl sites for hydroxylation is 1. The second-order valence-corrected chi connectivity index (χ2v) is 7.76. The molecule has 0 aliphatic carbocycles. The Bertz CT molecular complexity index is 881. The lowest BCUT2D eigenvalue weighted by Crippen LogP contribution is -3.00. The topological polar surface area (TPSA) is 64.9 Å². The number of halogens is 3. The third-order valence-corrected chi connectivity index (χ3v) is 5.24. The van der Waals surface area contributed by atoms with Crippen molar-refractivity contribution in [2.45, 2.75) is 18.3 Å². The molecule has 0 unspecified atom stereocenters. The lowest BCUT2D eigenvalue weighted by Gasteiger charge is -2.13. The third-order valence-electron chi connectivity index (χ3n) is 3.74. The SMILES string of the molecule is Cn1nnnc1SCCNCc1cc(Br)ccc1OCc1ccc(F)cc1.[Cl-]. The second-order valence-electron chi connectivity index (χ2n) is 5.78. The predicted molar refractivity (Wildman–Crippen MR) is 106 cm³/mol. The number of benzene rings is 2. The average Bonchev–Trinajstić information content (AvgIpc) is 3.07. The highest BCUT2D eigenvalue weighted by Gasteiger charge is 2.07. The molecule has 0 fully saturated rings. The van der Waals surface area contributed by atoms with Crippen molar-refractivity contribution in [1.29, 1.82) is 0 Å². The molecule has 10 heteroatoms. The van der Waals surface area contributed by atoms with Gasteiger partial charge in [0.1, 0.15) is 18.2 Å². The number of nitrogens with one attached hydrogen (secondary N) is 1. The standard InChI is InChI=1S/C18H19BrFN5OS.ClH/c1-25-18(22-23-24-25)27-9-8-21-11-14-10-15(19)4-7-17(14)26-12-13-2-5-16(20)6-3-13;/h2-7,10,21H,8-9,11-12H2,1H3;1H/p-1. The van der Waals surface area contributed by atoms with Crippen LogP contribution in [0, 0.1) is 5.82 Å². The van der Waals surface area contributed by atoms with E-state index >= 15 is 0 Å². The summed E-state index contributed by atoms with van der Waals surface area (Å²) < 4.78 is 21.6. The molecular formula is C18H19BrClFN5OS-. The highest BCUT2D eigenvalue weighted by Crippen LogP contribution is 2.24. The van der Waals surface area contributed by atoms with Gasteiger partial charge in [-0.15, -0.1) is 5.10 Å². The average molecular weight is 488 g/mol. The van der Waals surface area contributed by atoms with Gasteiger partial charge in [-0.1, -0.05) is 39.8 Å². The maximum Gasteiger partial charge on any atom is 0.209 e. The minimum Gasteiger partial charge on any atom is -1.00 e. The van der Waals surface area contributed by atoms with Gasteiger partial charge < -0.3 is 22.5 Å². The van der Waals surface area contributed by atoms with E-state index in [2.05, 4.69) is 36.8 Å². The van der Waals surface area contributed by atoms with Crippen molar-refractivity contribution in [2.24, 2.45) is 7.05 Å². The molecule has 1 aromatic heterocycles. The van der Waals surface area contributed by atoms with Gasteiger partial charge in [0.25, 0.3) is 0 Å². The van der Waals surface area contributed by atoms with E-state index in [1.165, 1.54) is 12.1 Å². The highest BCUT2D eigenvalue weighted by atomic mass is 79.9. The van der Waals surface area contributed by atoms with Gasteiger partial charge in [-0.25, -0.2) is 9.07 Å². The van der Waals surface area contributed by atoms with Gasteiger partial charge in [-0.2, -0.15) is 0 Å². The van der Waals surface area contributed by atoms with E-state index < -0.39 is 0 Å². The fraction of sp³-hybridized carbons (Fsp3) is 0.278. The van der Waals surface area contributed by atoms with E-state index in [4.69, 9.17) is 4.74 Å². The van der Waals surface area contributed by atoms with Crippen molar-refractivity contribution < 1.29 is 21.5 Å². The summed E-state index contributed by atoms with van der Waals surface area (Å²) in [6.45, 7) is 1.88. The second kappa shape index (κ2) is 11.4. The van der Waals surface area contributed by atoms with E-state index in [1.54, 1.807) is 28.6 Å². The van der Waals surface area contributed by atoms with Crippen molar-refractivity contribution in [3.05, 3.63) is 63.9 Å². The Balaban J connectivity index is 0.00000280. The van der Waals surface area contributed by atoms with Gasteiger partial charge in [-0.3, -0.25) is 0 Å². The molecule has 0 saturated carbocycles. The molecule has 0 saturated heterocycles. The monoisotopic (exact) mass is 486 g/mol. The highest BCUT2D eigenvalue weighted by molar-refractivity contribution is 9.10. The molecular weight excluding hydrogens is 469 g/mol. The van der Waals surface area contributed by atoms with Crippen LogP contribution in [0.15, 0.2) is 52.1 Å². The van der Waals surface area contributed by atoms with Crippen LogP contribution in [0.1, 0.15) is 11.1 Å². The zero-order chi connectivity index (χ0) is 19.1. The molecule has 0 bridgehead atoms. The Morgan fingerprint density at radius 2 is 2.00 bits per heavy atom. The molecule has 0 aliphatic rings. The largest absolute Gasteiger partial charge is 1.00 e. The van der Waals surface area contributed by atoms with E-state index in [0.29, 0.717) is 13.2 Å². The molecule has 0 aliphatic heterocycles. The maximum atomic E-state index is 13.0. The molecule has 0 atom stereocenters. The van der Waals surface area contributed by atoms with Gasteiger partial charge in [0, 0.05) is 35.9 Å². The summed E-state index contributed by atoms with van der Waals surface area (Å²) in [6.07, 6.45) is 0. The Kier molecular flexibility index (Phi) is 9.17. The fourth-order valence-electron chi connectivity index (χ4n) is 2.35. The summed E-state index contributed by atoms with van der Waals surface area (Å²) in [6, 6.07) is 12.2. The van der Waals surface area contributed by atoms with Crippen molar-refractivity contribution in [3.63, 3.8) is 0 Å².